The van der Waals surface area contributed by atoms with Gasteiger partial charge in [0.2, 0.25) is 0 Å². The average molecular weight is 344 g/mol. The number of aromatic nitrogens is 2. The van der Waals surface area contributed by atoms with E-state index in [1.54, 1.807) is 6.20 Å². The highest BCUT2D eigenvalue weighted by molar-refractivity contribution is 5.70. The van der Waals surface area contributed by atoms with Crippen molar-refractivity contribution in [3.05, 3.63) is 30.3 Å². The fourth-order valence-electron chi connectivity index (χ4n) is 4.01. The van der Waals surface area contributed by atoms with Crippen LogP contribution in [0.15, 0.2) is 28.9 Å². The topological polar surface area (TPSA) is 77.5 Å². The molecule has 1 N–H and O–H groups in total. The molecule has 2 fully saturated rings. The molecule has 0 amide bonds. The monoisotopic (exact) mass is 344 g/mol. The molecule has 0 spiro atoms. The smallest absolute Gasteiger partial charge is 0.306 e. The molecule has 1 aliphatic carbocycles. The quantitative estimate of drug-likeness (QED) is 0.899. The number of rotatable bonds is 4. The van der Waals surface area contributed by atoms with Crippen LogP contribution in [0.4, 0.5) is 0 Å². The normalized spacial score (nSPS) is 27.3. The molecule has 0 bridgehead atoms. The van der Waals surface area contributed by atoms with Gasteiger partial charge in [-0.2, -0.15) is 0 Å². The number of carboxylic acids is 1. The maximum absolute atomic E-state index is 11.1. The summed E-state index contributed by atoms with van der Waals surface area (Å²) in [6.45, 7) is 0.794. The van der Waals surface area contributed by atoms with E-state index in [-0.39, 0.29) is 18.1 Å². The van der Waals surface area contributed by atoms with Gasteiger partial charge in [0.05, 0.1) is 5.92 Å². The van der Waals surface area contributed by atoms with E-state index >= 15 is 0 Å². The Hall–Kier alpha value is -2.08. The molecule has 6 heteroatoms. The third kappa shape index (κ3) is 3.35. The zero-order valence-electron chi connectivity index (χ0n) is 14.3. The summed E-state index contributed by atoms with van der Waals surface area (Å²) < 4.78 is 14.0. The molecule has 25 heavy (non-hydrogen) atoms. The predicted molar refractivity (Wildman–Crippen MR) is 91.1 cm³/mol. The van der Waals surface area contributed by atoms with Crippen LogP contribution in [0.5, 0.6) is 0 Å². The standard InChI is InChI=1S/C19H24N2O4/c22-19(23)13-4-6-14(7-5-13)21-11-10-20-18(21)17-9-8-16(25-17)15-3-1-2-12-24-15/h8-11,13-15H,1-7,12H2,(H,22,23). The Kier molecular flexibility index (Phi) is 4.61. The summed E-state index contributed by atoms with van der Waals surface area (Å²) in [6.07, 6.45) is 10.3. The summed E-state index contributed by atoms with van der Waals surface area (Å²) in [5.41, 5.74) is 0. The highest BCUT2D eigenvalue weighted by Gasteiger charge is 2.28. The second-order valence-corrected chi connectivity index (χ2v) is 7.06. The zero-order valence-corrected chi connectivity index (χ0v) is 14.3. The first kappa shape index (κ1) is 16.4. The van der Waals surface area contributed by atoms with Gasteiger partial charge in [-0.25, -0.2) is 4.98 Å². The number of carboxylic acid groups (broad SMARTS) is 1. The summed E-state index contributed by atoms with van der Waals surface area (Å²) in [5, 5.41) is 9.17. The van der Waals surface area contributed by atoms with E-state index in [2.05, 4.69) is 9.55 Å². The molecule has 2 aromatic rings. The maximum Gasteiger partial charge on any atom is 0.306 e. The van der Waals surface area contributed by atoms with Crippen molar-refractivity contribution in [2.75, 3.05) is 6.61 Å². The first-order valence-corrected chi connectivity index (χ1v) is 9.19. The van der Waals surface area contributed by atoms with Crippen LogP contribution in [0.2, 0.25) is 0 Å². The first-order valence-electron chi connectivity index (χ1n) is 9.19. The SMILES string of the molecule is O=C(O)C1CCC(n2ccnc2-c2ccc(C3CCCCO3)o2)CC1. The lowest BCUT2D eigenvalue weighted by atomic mass is 9.86. The molecular weight excluding hydrogens is 320 g/mol. The number of carbonyl (C=O) groups is 1. The van der Waals surface area contributed by atoms with Crippen LogP contribution in [-0.4, -0.2) is 27.2 Å². The Labute approximate surface area is 146 Å². The van der Waals surface area contributed by atoms with Gasteiger partial charge in [0.15, 0.2) is 11.6 Å². The van der Waals surface area contributed by atoms with Crippen molar-refractivity contribution in [3.63, 3.8) is 0 Å². The number of ether oxygens (including phenoxy) is 1. The predicted octanol–water partition coefficient (Wildman–Crippen LogP) is 4.20. The largest absolute Gasteiger partial charge is 0.481 e. The minimum Gasteiger partial charge on any atom is -0.481 e. The molecule has 1 atom stereocenters. The van der Waals surface area contributed by atoms with Gasteiger partial charge in [-0.05, 0) is 57.1 Å². The number of furan rings is 1. The molecule has 134 valence electrons. The van der Waals surface area contributed by atoms with Crippen molar-refractivity contribution >= 4 is 5.97 Å². The Morgan fingerprint density at radius 2 is 2.00 bits per heavy atom. The Balaban J connectivity index is 1.50. The Morgan fingerprint density at radius 1 is 1.16 bits per heavy atom. The summed E-state index contributed by atoms with van der Waals surface area (Å²) in [6, 6.07) is 4.24. The minimum atomic E-state index is -0.674. The molecular formula is C19H24N2O4. The van der Waals surface area contributed by atoms with Crippen molar-refractivity contribution in [2.45, 2.75) is 57.1 Å². The maximum atomic E-state index is 11.1. The fourth-order valence-corrected chi connectivity index (χ4v) is 4.01. The van der Waals surface area contributed by atoms with Crippen LogP contribution in [0, 0.1) is 5.92 Å². The van der Waals surface area contributed by atoms with Crippen molar-refractivity contribution in [3.8, 4) is 11.6 Å². The highest BCUT2D eigenvalue weighted by atomic mass is 16.5. The van der Waals surface area contributed by atoms with Gasteiger partial charge < -0.3 is 18.8 Å². The summed E-state index contributed by atoms with van der Waals surface area (Å²) >= 11 is 0. The van der Waals surface area contributed by atoms with Crippen LogP contribution in [-0.2, 0) is 9.53 Å². The Morgan fingerprint density at radius 3 is 2.72 bits per heavy atom. The number of hydrogen-bond acceptors (Lipinski definition) is 4. The van der Waals surface area contributed by atoms with Gasteiger partial charge in [-0.1, -0.05) is 0 Å². The molecule has 6 nitrogen and oxygen atoms in total. The number of nitrogens with zero attached hydrogens (tertiary/aromatic N) is 2. The lowest BCUT2D eigenvalue weighted by molar-refractivity contribution is -0.143. The number of aliphatic carboxylic acids is 1. The molecule has 2 aliphatic rings. The molecule has 1 saturated carbocycles. The van der Waals surface area contributed by atoms with Gasteiger partial charge >= 0.3 is 5.97 Å². The van der Waals surface area contributed by atoms with E-state index in [0.29, 0.717) is 0 Å². The van der Waals surface area contributed by atoms with E-state index in [9.17, 15) is 4.79 Å². The summed E-state index contributed by atoms with van der Waals surface area (Å²) in [7, 11) is 0. The lowest BCUT2D eigenvalue weighted by Crippen LogP contribution is -2.23. The van der Waals surface area contributed by atoms with Crippen LogP contribution < -0.4 is 0 Å². The number of imidazole rings is 1. The summed E-state index contributed by atoms with van der Waals surface area (Å²) in [5.74, 6) is 1.57. The molecule has 1 aliphatic heterocycles. The van der Waals surface area contributed by atoms with Crippen LogP contribution in [0.3, 0.4) is 0 Å². The Bertz CT molecular complexity index is 721. The van der Waals surface area contributed by atoms with Crippen molar-refractivity contribution in [2.24, 2.45) is 5.92 Å². The van der Waals surface area contributed by atoms with E-state index < -0.39 is 5.97 Å². The van der Waals surface area contributed by atoms with Gasteiger partial charge in [-0.15, -0.1) is 0 Å². The second kappa shape index (κ2) is 7.04. The van der Waals surface area contributed by atoms with E-state index in [4.69, 9.17) is 14.3 Å². The molecule has 3 heterocycles. The third-order valence-electron chi connectivity index (χ3n) is 5.45. The van der Waals surface area contributed by atoms with Gasteiger partial charge in [0.25, 0.3) is 0 Å². The lowest BCUT2D eigenvalue weighted by Gasteiger charge is -2.28. The second-order valence-electron chi connectivity index (χ2n) is 7.06. The highest BCUT2D eigenvalue weighted by Crippen LogP contribution is 2.36. The van der Waals surface area contributed by atoms with Crippen LogP contribution in [0.1, 0.15) is 62.9 Å². The zero-order chi connectivity index (χ0) is 17.2. The van der Waals surface area contributed by atoms with Crippen LogP contribution >= 0.6 is 0 Å². The molecule has 1 saturated heterocycles. The van der Waals surface area contributed by atoms with E-state index in [1.807, 2.05) is 18.3 Å². The molecule has 1 unspecified atom stereocenters. The van der Waals surface area contributed by atoms with Gasteiger partial charge in [0.1, 0.15) is 11.9 Å². The van der Waals surface area contributed by atoms with Crippen LogP contribution in [0.25, 0.3) is 11.6 Å². The van der Waals surface area contributed by atoms with Crippen molar-refractivity contribution < 1.29 is 19.1 Å². The molecule has 0 aromatic carbocycles. The molecule has 4 rings (SSSR count). The van der Waals surface area contributed by atoms with E-state index in [0.717, 1.165) is 62.5 Å². The number of hydrogen-bond donors (Lipinski definition) is 1. The van der Waals surface area contributed by atoms with Crippen molar-refractivity contribution in [1.82, 2.24) is 9.55 Å². The van der Waals surface area contributed by atoms with E-state index in [1.165, 1.54) is 6.42 Å². The average Bonchev–Trinajstić information content (AvgIpc) is 3.32. The molecule has 2 aromatic heterocycles. The third-order valence-corrected chi connectivity index (χ3v) is 5.45. The van der Waals surface area contributed by atoms with Gasteiger partial charge in [-0.3, -0.25) is 4.79 Å². The summed E-state index contributed by atoms with van der Waals surface area (Å²) in [4.78, 5) is 15.6. The first-order chi connectivity index (χ1) is 12.2. The van der Waals surface area contributed by atoms with Crippen molar-refractivity contribution in [1.29, 1.82) is 0 Å². The minimum absolute atomic E-state index is 0.0527. The molecule has 0 radical (unpaired) electrons. The van der Waals surface area contributed by atoms with Gasteiger partial charge in [0, 0.05) is 25.0 Å². The fraction of sp³-hybridized carbons (Fsp3) is 0.579.